The molecule has 0 radical (unpaired) electrons. The number of aromatic nitrogens is 1. The predicted octanol–water partition coefficient (Wildman–Crippen LogP) is 2.74. The molecule has 1 atom stereocenters. The molecule has 1 fully saturated rings. The van der Waals surface area contributed by atoms with Gasteiger partial charge in [-0.3, -0.25) is 4.79 Å². The van der Waals surface area contributed by atoms with Gasteiger partial charge in [0.05, 0.1) is 12.5 Å². The van der Waals surface area contributed by atoms with Gasteiger partial charge < -0.3 is 10.1 Å². The fourth-order valence-corrected chi connectivity index (χ4v) is 2.18. The summed E-state index contributed by atoms with van der Waals surface area (Å²) < 4.78 is 6.42. The highest BCUT2D eigenvalue weighted by atomic mass is 79.9. The van der Waals surface area contributed by atoms with Crippen molar-refractivity contribution >= 4 is 27.7 Å². The molecule has 2 heterocycles. The minimum Gasteiger partial charge on any atom is -0.378 e. The van der Waals surface area contributed by atoms with Gasteiger partial charge in [0.1, 0.15) is 5.82 Å². The number of anilines is 1. The van der Waals surface area contributed by atoms with Gasteiger partial charge in [0.25, 0.3) is 0 Å². The Morgan fingerprint density at radius 2 is 2.47 bits per heavy atom. The van der Waals surface area contributed by atoms with Gasteiger partial charge in [0.15, 0.2) is 0 Å². The van der Waals surface area contributed by atoms with E-state index >= 15 is 0 Å². The minimum atomic E-state index is -0.0394. The summed E-state index contributed by atoms with van der Waals surface area (Å²) >= 11 is 3.33. The average molecular weight is 299 g/mol. The fourth-order valence-electron chi connectivity index (χ4n) is 1.84. The van der Waals surface area contributed by atoms with Crippen LogP contribution in [0.15, 0.2) is 22.8 Å². The summed E-state index contributed by atoms with van der Waals surface area (Å²) in [5, 5.41) is 2.77. The van der Waals surface area contributed by atoms with Gasteiger partial charge >= 0.3 is 0 Å². The number of halogens is 1. The normalized spacial score (nSPS) is 19.9. The summed E-state index contributed by atoms with van der Waals surface area (Å²) in [5.41, 5.74) is 0. The number of rotatable bonds is 3. The number of amides is 1. The number of carbonyl (C=O) groups is 1. The Morgan fingerprint density at radius 3 is 3.18 bits per heavy atom. The molecule has 1 N–H and O–H groups in total. The Hall–Kier alpha value is -0.940. The molecule has 0 bridgehead atoms. The van der Waals surface area contributed by atoms with Gasteiger partial charge in [-0.25, -0.2) is 4.98 Å². The van der Waals surface area contributed by atoms with Crippen molar-refractivity contribution in [3.05, 3.63) is 22.8 Å². The Bertz CT molecular complexity index is 392. The molecule has 2 rings (SSSR count). The van der Waals surface area contributed by atoms with Crippen molar-refractivity contribution in [1.29, 1.82) is 0 Å². The van der Waals surface area contributed by atoms with Gasteiger partial charge in [-0.1, -0.05) is 15.9 Å². The van der Waals surface area contributed by atoms with Crippen molar-refractivity contribution in [2.75, 3.05) is 11.9 Å². The molecule has 1 aliphatic rings. The Kier molecular flexibility index (Phi) is 4.50. The first kappa shape index (κ1) is 12.5. The van der Waals surface area contributed by atoms with E-state index in [1.54, 1.807) is 12.3 Å². The average Bonchev–Trinajstić information content (AvgIpc) is 2.30. The van der Waals surface area contributed by atoms with Gasteiger partial charge in [-0.15, -0.1) is 0 Å². The second-order valence-corrected chi connectivity index (χ2v) is 5.02. The van der Waals surface area contributed by atoms with Crippen LogP contribution < -0.4 is 5.32 Å². The second-order valence-electron chi connectivity index (χ2n) is 4.10. The van der Waals surface area contributed by atoms with Gasteiger partial charge in [0, 0.05) is 17.3 Å². The maximum absolute atomic E-state index is 11.7. The summed E-state index contributed by atoms with van der Waals surface area (Å²) in [6.07, 6.45) is 5.35. The molecule has 92 valence electrons. The van der Waals surface area contributed by atoms with Crippen LogP contribution in [-0.4, -0.2) is 23.6 Å². The van der Waals surface area contributed by atoms with Crippen molar-refractivity contribution in [3.63, 3.8) is 0 Å². The number of carbonyl (C=O) groups excluding carboxylic acids is 1. The molecule has 17 heavy (non-hydrogen) atoms. The van der Waals surface area contributed by atoms with Gasteiger partial charge in [-0.05, 0) is 31.4 Å². The molecule has 4 nitrogen and oxygen atoms in total. The fraction of sp³-hybridized carbons (Fsp3) is 0.500. The largest absolute Gasteiger partial charge is 0.378 e. The molecule has 5 heteroatoms. The van der Waals surface area contributed by atoms with Crippen LogP contribution >= 0.6 is 15.9 Å². The standard InChI is InChI=1S/C12H15BrN2O2/c13-9-4-5-14-11(7-9)15-12(16)8-10-3-1-2-6-17-10/h4-5,7,10H,1-3,6,8H2,(H,14,15,16). The molecule has 1 aromatic heterocycles. The maximum Gasteiger partial charge on any atom is 0.228 e. The van der Waals surface area contributed by atoms with E-state index in [0.29, 0.717) is 12.2 Å². The lowest BCUT2D eigenvalue weighted by Crippen LogP contribution is -2.25. The lowest BCUT2D eigenvalue weighted by Gasteiger charge is -2.21. The molecule has 1 aromatic rings. The highest BCUT2D eigenvalue weighted by Gasteiger charge is 2.17. The van der Waals surface area contributed by atoms with Crippen LogP contribution in [0.3, 0.4) is 0 Å². The monoisotopic (exact) mass is 298 g/mol. The molecule has 1 saturated heterocycles. The van der Waals surface area contributed by atoms with Crippen molar-refractivity contribution in [1.82, 2.24) is 4.98 Å². The molecule has 0 saturated carbocycles. The van der Waals surface area contributed by atoms with Gasteiger partial charge in [-0.2, -0.15) is 0 Å². The summed E-state index contributed by atoms with van der Waals surface area (Å²) in [6.45, 7) is 0.771. The van der Waals surface area contributed by atoms with Crippen molar-refractivity contribution in [2.24, 2.45) is 0 Å². The second kappa shape index (κ2) is 6.12. The molecule has 1 amide bonds. The number of nitrogens with one attached hydrogen (secondary N) is 1. The van der Waals surface area contributed by atoms with Gasteiger partial charge in [0.2, 0.25) is 5.91 Å². The Balaban J connectivity index is 1.84. The van der Waals surface area contributed by atoms with Crippen LogP contribution in [0, 0.1) is 0 Å². The van der Waals surface area contributed by atoms with Crippen LogP contribution in [0.25, 0.3) is 0 Å². The van der Waals surface area contributed by atoms with Crippen LogP contribution in [-0.2, 0) is 9.53 Å². The maximum atomic E-state index is 11.7. The van der Waals surface area contributed by atoms with E-state index in [1.807, 2.05) is 6.07 Å². The summed E-state index contributed by atoms with van der Waals surface area (Å²) in [7, 11) is 0. The Morgan fingerprint density at radius 1 is 1.59 bits per heavy atom. The van der Waals surface area contributed by atoms with Crippen molar-refractivity contribution in [3.8, 4) is 0 Å². The van der Waals surface area contributed by atoms with E-state index in [1.165, 1.54) is 0 Å². The SMILES string of the molecule is O=C(CC1CCCCO1)Nc1cc(Br)ccn1. The third-order valence-corrected chi connectivity index (χ3v) is 3.17. The topological polar surface area (TPSA) is 51.2 Å². The zero-order chi connectivity index (χ0) is 12.1. The number of ether oxygens (including phenoxy) is 1. The van der Waals surface area contributed by atoms with Crippen LogP contribution in [0.1, 0.15) is 25.7 Å². The van der Waals surface area contributed by atoms with Crippen LogP contribution in [0.5, 0.6) is 0 Å². The van der Waals surface area contributed by atoms with E-state index in [4.69, 9.17) is 4.74 Å². The summed E-state index contributed by atoms with van der Waals surface area (Å²) in [6, 6.07) is 3.60. The zero-order valence-electron chi connectivity index (χ0n) is 9.49. The quantitative estimate of drug-likeness (QED) is 0.933. The number of nitrogens with zero attached hydrogens (tertiary/aromatic N) is 1. The Labute approximate surface area is 109 Å². The van der Waals surface area contributed by atoms with E-state index < -0.39 is 0 Å². The first-order valence-corrected chi connectivity index (χ1v) is 6.56. The first-order chi connectivity index (χ1) is 8.24. The molecular weight excluding hydrogens is 284 g/mol. The van der Waals surface area contributed by atoms with Crippen LogP contribution in [0.4, 0.5) is 5.82 Å². The molecular formula is C12H15BrN2O2. The minimum absolute atomic E-state index is 0.0394. The lowest BCUT2D eigenvalue weighted by atomic mass is 10.1. The predicted molar refractivity (Wildman–Crippen MR) is 68.8 cm³/mol. The van der Waals surface area contributed by atoms with E-state index in [-0.39, 0.29) is 12.0 Å². The van der Waals surface area contributed by atoms with Crippen molar-refractivity contribution < 1.29 is 9.53 Å². The zero-order valence-corrected chi connectivity index (χ0v) is 11.1. The van der Waals surface area contributed by atoms with E-state index in [9.17, 15) is 4.79 Å². The number of hydrogen-bond donors (Lipinski definition) is 1. The molecule has 1 aliphatic heterocycles. The lowest BCUT2D eigenvalue weighted by molar-refractivity contribution is -0.119. The highest BCUT2D eigenvalue weighted by molar-refractivity contribution is 9.10. The van der Waals surface area contributed by atoms with Crippen LogP contribution in [0.2, 0.25) is 0 Å². The number of pyridine rings is 1. The van der Waals surface area contributed by atoms with Crippen molar-refractivity contribution in [2.45, 2.75) is 31.8 Å². The molecule has 0 spiro atoms. The highest BCUT2D eigenvalue weighted by Crippen LogP contribution is 2.17. The molecule has 1 unspecified atom stereocenters. The van der Waals surface area contributed by atoms with E-state index in [0.717, 1.165) is 30.3 Å². The third-order valence-electron chi connectivity index (χ3n) is 2.68. The van der Waals surface area contributed by atoms with E-state index in [2.05, 4.69) is 26.2 Å². The summed E-state index contributed by atoms with van der Waals surface area (Å²) in [5.74, 6) is 0.530. The third kappa shape index (κ3) is 4.09. The number of hydrogen-bond acceptors (Lipinski definition) is 3. The first-order valence-electron chi connectivity index (χ1n) is 5.77. The smallest absolute Gasteiger partial charge is 0.228 e. The molecule has 0 aliphatic carbocycles. The summed E-state index contributed by atoms with van der Waals surface area (Å²) in [4.78, 5) is 15.8. The molecule has 0 aromatic carbocycles.